The molecule has 1 amide bonds. The van der Waals surface area contributed by atoms with Gasteiger partial charge in [0.15, 0.2) is 0 Å². The second-order valence-corrected chi connectivity index (χ2v) is 6.69. The Hall–Kier alpha value is -1.60. The van der Waals surface area contributed by atoms with Gasteiger partial charge in [-0.15, -0.1) is 0 Å². The van der Waals surface area contributed by atoms with Crippen molar-refractivity contribution >= 4 is 27.3 Å². The molecule has 1 aromatic carbocycles. The number of piperidine rings is 1. The highest BCUT2D eigenvalue weighted by Gasteiger charge is 2.20. The smallest absolute Gasteiger partial charge is 0.241 e. The summed E-state index contributed by atoms with van der Waals surface area (Å²) in [6.07, 6.45) is 4.11. The van der Waals surface area contributed by atoms with Crippen LogP contribution < -0.4 is 15.4 Å². The Bertz CT molecular complexity index is 563. The fraction of sp³-hybridized carbons (Fsp3) is 0.462. The summed E-state index contributed by atoms with van der Waals surface area (Å²) in [4.78, 5) is 12.0. The molecule has 1 heterocycles. The highest BCUT2D eigenvalue weighted by molar-refractivity contribution is 7.92. The summed E-state index contributed by atoms with van der Waals surface area (Å²) in [5, 5.41) is 6.00. The molecule has 110 valence electrons. The maximum atomic E-state index is 12.0. The third-order valence-corrected chi connectivity index (χ3v) is 3.69. The Balaban J connectivity index is 1.94. The lowest BCUT2D eigenvalue weighted by atomic mass is 10.0. The molecule has 1 aliphatic heterocycles. The van der Waals surface area contributed by atoms with Crippen molar-refractivity contribution in [2.75, 3.05) is 22.8 Å². The van der Waals surface area contributed by atoms with Crippen molar-refractivity contribution in [2.24, 2.45) is 0 Å². The van der Waals surface area contributed by atoms with Gasteiger partial charge in [0, 0.05) is 11.4 Å². The van der Waals surface area contributed by atoms with E-state index in [-0.39, 0.29) is 11.9 Å². The van der Waals surface area contributed by atoms with E-state index in [2.05, 4.69) is 15.4 Å². The summed E-state index contributed by atoms with van der Waals surface area (Å²) >= 11 is 0. The minimum Gasteiger partial charge on any atom is -0.325 e. The van der Waals surface area contributed by atoms with Crippen molar-refractivity contribution < 1.29 is 13.2 Å². The predicted molar refractivity (Wildman–Crippen MR) is 79.2 cm³/mol. The Labute approximate surface area is 119 Å². The summed E-state index contributed by atoms with van der Waals surface area (Å²) in [6.45, 7) is 0.870. The van der Waals surface area contributed by atoms with Crippen molar-refractivity contribution in [1.82, 2.24) is 5.32 Å². The maximum Gasteiger partial charge on any atom is 0.241 e. The molecule has 0 spiro atoms. The number of carbonyl (C=O) groups excluding carboxylic acids is 1. The first-order chi connectivity index (χ1) is 9.44. The lowest BCUT2D eigenvalue weighted by molar-refractivity contribution is -0.118. The molecular formula is C13H19N3O3S. The van der Waals surface area contributed by atoms with E-state index in [1.807, 2.05) is 0 Å². The van der Waals surface area contributed by atoms with Gasteiger partial charge in [0.2, 0.25) is 15.9 Å². The highest BCUT2D eigenvalue weighted by atomic mass is 32.2. The van der Waals surface area contributed by atoms with Gasteiger partial charge in [-0.05, 0) is 43.7 Å². The number of nitrogens with one attached hydrogen (secondary N) is 3. The maximum absolute atomic E-state index is 12.0. The van der Waals surface area contributed by atoms with Gasteiger partial charge in [-0.2, -0.15) is 0 Å². The van der Waals surface area contributed by atoms with Crippen LogP contribution in [0.1, 0.15) is 19.3 Å². The number of sulfonamides is 1. The molecule has 0 unspecified atom stereocenters. The third-order valence-electron chi connectivity index (χ3n) is 3.08. The predicted octanol–water partition coefficient (Wildman–Crippen LogP) is 1.14. The summed E-state index contributed by atoms with van der Waals surface area (Å²) in [7, 11) is -3.28. The van der Waals surface area contributed by atoms with Crippen molar-refractivity contribution in [3.05, 3.63) is 24.3 Å². The van der Waals surface area contributed by atoms with E-state index in [1.54, 1.807) is 24.3 Å². The molecule has 0 radical (unpaired) electrons. The Kier molecular flexibility index (Phi) is 4.61. The molecule has 3 N–H and O–H groups in total. The second-order valence-electron chi connectivity index (χ2n) is 4.94. The minimum atomic E-state index is -3.28. The molecule has 0 saturated carbocycles. The topological polar surface area (TPSA) is 87.3 Å². The SMILES string of the molecule is CS(=O)(=O)Nc1ccc(NC(=O)[C@H]2CCCCN2)cc1. The number of hydrogen-bond donors (Lipinski definition) is 3. The fourth-order valence-electron chi connectivity index (χ4n) is 2.14. The molecule has 2 rings (SSSR count). The standard InChI is InChI=1S/C13H19N3O3S/c1-20(18,19)16-11-7-5-10(6-8-11)15-13(17)12-4-2-3-9-14-12/h5-8,12,14,16H,2-4,9H2,1H3,(H,15,17)/t12-/m1/s1. The number of rotatable bonds is 4. The summed E-state index contributed by atoms with van der Waals surface area (Å²) in [5.41, 5.74) is 1.13. The van der Waals surface area contributed by atoms with Crippen molar-refractivity contribution in [1.29, 1.82) is 0 Å². The quantitative estimate of drug-likeness (QED) is 0.777. The molecule has 1 atom stereocenters. The molecule has 0 aliphatic carbocycles. The summed E-state index contributed by atoms with van der Waals surface area (Å²) in [6, 6.07) is 6.44. The first kappa shape index (κ1) is 14.8. The molecule has 20 heavy (non-hydrogen) atoms. The number of amides is 1. The number of anilines is 2. The van der Waals surface area contributed by atoms with Gasteiger partial charge in [-0.3, -0.25) is 9.52 Å². The second kappa shape index (κ2) is 6.23. The Morgan fingerprint density at radius 1 is 1.20 bits per heavy atom. The molecule has 6 nitrogen and oxygen atoms in total. The van der Waals surface area contributed by atoms with Gasteiger partial charge in [0.25, 0.3) is 0 Å². The lowest BCUT2D eigenvalue weighted by Crippen LogP contribution is -2.43. The van der Waals surface area contributed by atoms with Crippen LogP contribution in [0.4, 0.5) is 11.4 Å². The van der Waals surface area contributed by atoms with Gasteiger partial charge in [0.05, 0.1) is 12.3 Å². The fourth-order valence-corrected chi connectivity index (χ4v) is 2.70. The van der Waals surface area contributed by atoms with Crippen LogP contribution in [0.25, 0.3) is 0 Å². The van der Waals surface area contributed by atoms with Crippen molar-refractivity contribution in [3.8, 4) is 0 Å². The molecule has 1 saturated heterocycles. The van der Waals surface area contributed by atoms with Gasteiger partial charge in [-0.1, -0.05) is 6.42 Å². The summed E-state index contributed by atoms with van der Waals surface area (Å²) < 4.78 is 24.5. The van der Waals surface area contributed by atoms with Gasteiger partial charge in [-0.25, -0.2) is 8.42 Å². The first-order valence-corrected chi connectivity index (χ1v) is 8.45. The molecule has 1 fully saturated rings. The van der Waals surface area contributed by atoms with E-state index < -0.39 is 10.0 Å². The van der Waals surface area contributed by atoms with Crippen LogP contribution in [-0.4, -0.2) is 33.2 Å². The monoisotopic (exact) mass is 297 g/mol. The Morgan fingerprint density at radius 2 is 1.85 bits per heavy atom. The number of benzene rings is 1. The zero-order valence-corrected chi connectivity index (χ0v) is 12.2. The summed E-state index contributed by atoms with van der Waals surface area (Å²) in [5.74, 6) is -0.0477. The average molecular weight is 297 g/mol. The van der Waals surface area contributed by atoms with E-state index in [0.717, 1.165) is 32.1 Å². The normalized spacial score (nSPS) is 19.4. The first-order valence-electron chi connectivity index (χ1n) is 6.56. The van der Waals surface area contributed by atoms with Crippen LogP contribution in [0, 0.1) is 0 Å². The van der Waals surface area contributed by atoms with Gasteiger partial charge < -0.3 is 10.6 Å². The average Bonchev–Trinajstić information content (AvgIpc) is 2.40. The third kappa shape index (κ3) is 4.50. The lowest BCUT2D eigenvalue weighted by Gasteiger charge is -2.22. The number of hydrogen-bond acceptors (Lipinski definition) is 4. The van der Waals surface area contributed by atoms with Crippen molar-refractivity contribution in [3.63, 3.8) is 0 Å². The molecule has 0 bridgehead atoms. The van der Waals surface area contributed by atoms with Crippen LogP contribution in [0.5, 0.6) is 0 Å². The largest absolute Gasteiger partial charge is 0.325 e. The van der Waals surface area contributed by atoms with Crippen LogP contribution >= 0.6 is 0 Å². The minimum absolute atomic E-state index is 0.0477. The molecular weight excluding hydrogens is 278 g/mol. The Morgan fingerprint density at radius 3 is 2.40 bits per heavy atom. The highest BCUT2D eigenvalue weighted by Crippen LogP contribution is 2.16. The van der Waals surface area contributed by atoms with Gasteiger partial charge >= 0.3 is 0 Å². The molecule has 1 aromatic rings. The van der Waals surface area contributed by atoms with Crippen LogP contribution in [0.3, 0.4) is 0 Å². The van der Waals surface area contributed by atoms with E-state index in [0.29, 0.717) is 11.4 Å². The van der Waals surface area contributed by atoms with E-state index in [4.69, 9.17) is 0 Å². The van der Waals surface area contributed by atoms with Crippen LogP contribution in [0.15, 0.2) is 24.3 Å². The zero-order valence-electron chi connectivity index (χ0n) is 11.3. The van der Waals surface area contributed by atoms with Crippen LogP contribution in [0.2, 0.25) is 0 Å². The van der Waals surface area contributed by atoms with Gasteiger partial charge in [0.1, 0.15) is 0 Å². The zero-order chi connectivity index (χ0) is 14.6. The molecule has 7 heteroatoms. The van der Waals surface area contributed by atoms with Crippen LogP contribution in [-0.2, 0) is 14.8 Å². The molecule has 0 aromatic heterocycles. The van der Waals surface area contributed by atoms with E-state index >= 15 is 0 Å². The van der Waals surface area contributed by atoms with E-state index in [9.17, 15) is 13.2 Å². The molecule has 1 aliphatic rings. The number of carbonyl (C=O) groups is 1. The van der Waals surface area contributed by atoms with E-state index in [1.165, 1.54) is 0 Å². The van der Waals surface area contributed by atoms with Crippen molar-refractivity contribution in [2.45, 2.75) is 25.3 Å².